The molecule has 1 N–H and O–H groups in total. The van der Waals surface area contributed by atoms with Gasteiger partial charge in [0.25, 0.3) is 0 Å². The summed E-state index contributed by atoms with van der Waals surface area (Å²) < 4.78 is 17.2. The lowest BCUT2D eigenvalue weighted by molar-refractivity contribution is 0.0936. The van der Waals surface area contributed by atoms with Crippen molar-refractivity contribution in [2.24, 2.45) is 0 Å². The Labute approximate surface area is 189 Å². The van der Waals surface area contributed by atoms with Crippen LogP contribution in [0.3, 0.4) is 0 Å². The molecule has 0 bridgehead atoms. The Bertz CT molecular complexity index is 1210. The van der Waals surface area contributed by atoms with E-state index < -0.39 is 11.9 Å². The SMILES string of the molecule is CSc1nc2c(F)c(Br)c(Cl)cc2c2c1ccn2[C@H]1CCN(C(=O)O)[C@H](CC#N)C1. The molecule has 1 saturated heterocycles. The number of carbonyl (C=O) groups is 1. The molecule has 3 aromatic rings. The van der Waals surface area contributed by atoms with E-state index in [1.807, 2.05) is 18.5 Å². The van der Waals surface area contributed by atoms with Crippen molar-refractivity contribution in [2.75, 3.05) is 12.8 Å². The minimum absolute atomic E-state index is 0.0257. The minimum Gasteiger partial charge on any atom is -0.465 e. The van der Waals surface area contributed by atoms with E-state index in [1.54, 1.807) is 6.07 Å². The van der Waals surface area contributed by atoms with E-state index in [0.29, 0.717) is 29.8 Å². The third kappa shape index (κ3) is 3.41. The van der Waals surface area contributed by atoms with E-state index in [-0.39, 0.29) is 33.5 Å². The smallest absolute Gasteiger partial charge is 0.407 e. The Morgan fingerprint density at radius 2 is 2.30 bits per heavy atom. The number of amides is 1. The van der Waals surface area contributed by atoms with Gasteiger partial charge in [0, 0.05) is 35.6 Å². The van der Waals surface area contributed by atoms with Crippen LogP contribution in [0.5, 0.6) is 0 Å². The normalized spacial score (nSPS) is 19.4. The number of piperidine rings is 1. The van der Waals surface area contributed by atoms with Crippen LogP contribution < -0.4 is 0 Å². The van der Waals surface area contributed by atoms with E-state index in [9.17, 15) is 14.3 Å². The van der Waals surface area contributed by atoms with Gasteiger partial charge in [-0.3, -0.25) is 0 Å². The number of halogens is 3. The summed E-state index contributed by atoms with van der Waals surface area (Å²) in [6, 6.07) is 5.34. The number of likely N-dealkylation sites (tertiary alicyclic amines) is 1. The molecule has 0 radical (unpaired) electrons. The molecule has 1 aromatic carbocycles. The number of nitriles is 1. The molecule has 1 aliphatic heterocycles. The molecule has 30 heavy (non-hydrogen) atoms. The molecule has 156 valence electrons. The van der Waals surface area contributed by atoms with Gasteiger partial charge in [-0.15, -0.1) is 11.8 Å². The molecular weight excluding hydrogens is 495 g/mol. The van der Waals surface area contributed by atoms with Gasteiger partial charge in [-0.25, -0.2) is 14.2 Å². The van der Waals surface area contributed by atoms with Crippen molar-refractivity contribution in [2.45, 2.75) is 36.4 Å². The lowest BCUT2D eigenvalue weighted by Gasteiger charge is -2.37. The van der Waals surface area contributed by atoms with E-state index in [0.717, 1.165) is 10.9 Å². The second kappa shape index (κ2) is 8.25. The summed E-state index contributed by atoms with van der Waals surface area (Å²) in [7, 11) is 0. The number of aromatic nitrogens is 2. The highest BCUT2D eigenvalue weighted by Crippen LogP contribution is 2.40. The van der Waals surface area contributed by atoms with Gasteiger partial charge in [0.1, 0.15) is 10.5 Å². The molecule has 0 aliphatic carbocycles. The van der Waals surface area contributed by atoms with Gasteiger partial charge in [-0.2, -0.15) is 5.26 Å². The fraction of sp³-hybridized carbons (Fsp3) is 0.350. The average molecular weight is 512 g/mol. The number of nitrogens with zero attached hydrogens (tertiary/aromatic N) is 4. The summed E-state index contributed by atoms with van der Waals surface area (Å²) in [5, 5.41) is 21.1. The molecular formula is C20H17BrClFN4O2S. The molecule has 1 fully saturated rings. The van der Waals surface area contributed by atoms with Crippen molar-refractivity contribution in [1.29, 1.82) is 5.26 Å². The number of hydrogen-bond donors (Lipinski definition) is 1. The van der Waals surface area contributed by atoms with Gasteiger partial charge in [0.2, 0.25) is 0 Å². The first-order valence-corrected chi connectivity index (χ1v) is 11.6. The Hall–Kier alpha value is -2.02. The third-order valence-electron chi connectivity index (χ3n) is 5.60. The maximum absolute atomic E-state index is 15.0. The molecule has 2 atom stereocenters. The van der Waals surface area contributed by atoms with Crippen LogP contribution in [-0.2, 0) is 0 Å². The monoisotopic (exact) mass is 510 g/mol. The summed E-state index contributed by atoms with van der Waals surface area (Å²) in [6.45, 7) is 0.338. The maximum Gasteiger partial charge on any atom is 0.407 e. The molecule has 0 saturated carbocycles. The molecule has 6 nitrogen and oxygen atoms in total. The number of hydrogen-bond acceptors (Lipinski definition) is 4. The zero-order chi connectivity index (χ0) is 21.6. The van der Waals surface area contributed by atoms with Crippen LogP contribution in [0.25, 0.3) is 21.8 Å². The highest BCUT2D eigenvalue weighted by Gasteiger charge is 2.33. The van der Waals surface area contributed by atoms with Gasteiger partial charge < -0.3 is 14.6 Å². The fourth-order valence-corrected chi connectivity index (χ4v) is 5.30. The van der Waals surface area contributed by atoms with Crippen molar-refractivity contribution >= 4 is 67.2 Å². The Kier molecular flexibility index (Phi) is 5.84. The number of benzene rings is 1. The predicted octanol–water partition coefficient (Wildman–Crippen LogP) is 6.06. The number of rotatable bonds is 3. The fourth-order valence-electron chi connectivity index (χ4n) is 4.23. The Morgan fingerprint density at radius 1 is 1.53 bits per heavy atom. The number of carboxylic acid groups (broad SMARTS) is 1. The zero-order valence-electron chi connectivity index (χ0n) is 15.9. The van der Waals surface area contributed by atoms with Gasteiger partial charge >= 0.3 is 6.09 Å². The first kappa shape index (κ1) is 21.2. The van der Waals surface area contributed by atoms with Gasteiger partial charge in [0.15, 0.2) is 5.82 Å². The molecule has 4 rings (SSSR count). The van der Waals surface area contributed by atoms with E-state index in [4.69, 9.17) is 16.9 Å². The topological polar surface area (TPSA) is 82.2 Å². The Morgan fingerprint density at radius 3 is 2.97 bits per heavy atom. The van der Waals surface area contributed by atoms with E-state index >= 15 is 0 Å². The molecule has 0 unspecified atom stereocenters. The molecule has 1 aliphatic rings. The van der Waals surface area contributed by atoms with Crippen molar-refractivity contribution in [1.82, 2.24) is 14.5 Å². The molecule has 0 spiro atoms. The minimum atomic E-state index is -1.01. The van der Waals surface area contributed by atoms with Crippen LogP contribution in [0.4, 0.5) is 9.18 Å². The largest absolute Gasteiger partial charge is 0.465 e. The lowest BCUT2D eigenvalue weighted by atomic mass is 9.95. The Balaban J connectivity index is 1.90. The van der Waals surface area contributed by atoms with Crippen molar-refractivity contribution in [3.05, 3.63) is 33.6 Å². The van der Waals surface area contributed by atoms with Crippen molar-refractivity contribution in [3.8, 4) is 6.07 Å². The van der Waals surface area contributed by atoms with Crippen LogP contribution in [-0.4, -0.2) is 44.5 Å². The third-order valence-corrected chi connectivity index (χ3v) is 7.60. The highest BCUT2D eigenvalue weighted by atomic mass is 79.9. The maximum atomic E-state index is 15.0. The average Bonchev–Trinajstić information content (AvgIpc) is 3.17. The van der Waals surface area contributed by atoms with E-state index in [2.05, 4.69) is 31.6 Å². The standard InChI is InChI=1S/C20H17BrClFN4O2S/c1-30-19-12-4-7-26(11-3-6-27(20(28)29)10(8-11)2-5-24)18(12)13-9-14(22)15(21)16(23)17(13)25-19/h4,7,9-11H,2-3,6,8H2,1H3,(H,28,29)/t10-,11+/m1/s1. The van der Waals surface area contributed by atoms with Gasteiger partial charge in [0.05, 0.1) is 27.5 Å². The van der Waals surface area contributed by atoms with Gasteiger partial charge in [-0.05, 0) is 47.2 Å². The number of thioether (sulfide) groups is 1. The van der Waals surface area contributed by atoms with Gasteiger partial charge in [-0.1, -0.05) is 11.6 Å². The molecule has 10 heteroatoms. The summed E-state index contributed by atoms with van der Waals surface area (Å²) in [5.74, 6) is -0.509. The van der Waals surface area contributed by atoms with Crippen LogP contribution in [0.15, 0.2) is 27.8 Å². The number of fused-ring (bicyclic) bond motifs is 3. The van der Waals surface area contributed by atoms with Crippen LogP contribution in [0, 0.1) is 17.1 Å². The molecule has 2 aromatic heterocycles. The summed E-state index contributed by atoms with van der Waals surface area (Å²) in [6.07, 6.45) is 4.06. The van der Waals surface area contributed by atoms with Crippen LogP contribution in [0.2, 0.25) is 5.02 Å². The van der Waals surface area contributed by atoms with Crippen molar-refractivity contribution in [3.63, 3.8) is 0 Å². The first-order valence-electron chi connectivity index (χ1n) is 9.25. The lowest BCUT2D eigenvalue weighted by Crippen LogP contribution is -2.45. The molecule has 3 heterocycles. The van der Waals surface area contributed by atoms with Crippen LogP contribution in [0.1, 0.15) is 25.3 Å². The van der Waals surface area contributed by atoms with Crippen molar-refractivity contribution < 1.29 is 14.3 Å². The summed E-state index contributed by atoms with van der Waals surface area (Å²) in [4.78, 5) is 17.4. The zero-order valence-corrected chi connectivity index (χ0v) is 19.1. The number of pyridine rings is 1. The molecule has 1 amide bonds. The summed E-state index contributed by atoms with van der Waals surface area (Å²) in [5.41, 5.74) is 1.06. The highest BCUT2D eigenvalue weighted by molar-refractivity contribution is 9.10. The first-order chi connectivity index (χ1) is 14.4. The van der Waals surface area contributed by atoms with Crippen LogP contribution >= 0.6 is 39.3 Å². The second-order valence-electron chi connectivity index (χ2n) is 7.16. The quantitative estimate of drug-likeness (QED) is 0.341. The summed E-state index contributed by atoms with van der Waals surface area (Å²) >= 11 is 10.9. The second-order valence-corrected chi connectivity index (χ2v) is 9.15. The van der Waals surface area contributed by atoms with E-state index in [1.165, 1.54) is 16.7 Å². The predicted molar refractivity (Wildman–Crippen MR) is 119 cm³/mol.